The van der Waals surface area contributed by atoms with Crippen LogP contribution in [0.25, 0.3) is 5.82 Å². The van der Waals surface area contributed by atoms with Crippen LogP contribution in [-0.2, 0) is 0 Å². The molecule has 0 saturated heterocycles. The summed E-state index contributed by atoms with van der Waals surface area (Å²) in [7, 11) is 0. The van der Waals surface area contributed by atoms with Gasteiger partial charge in [0, 0.05) is 18.3 Å². The van der Waals surface area contributed by atoms with Crippen LogP contribution in [0.4, 0.5) is 0 Å². The van der Waals surface area contributed by atoms with Gasteiger partial charge in [0.1, 0.15) is 12.1 Å². The first-order valence-corrected chi connectivity index (χ1v) is 4.89. The van der Waals surface area contributed by atoms with Crippen molar-refractivity contribution in [1.82, 2.24) is 14.5 Å². The van der Waals surface area contributed by atoms with E-state index in [1.54, 1.807) is 6.20 Å². The molecule has 0 spiro atoms. The van der Waals surface area contributed by atoms with Crippen molar-refractivity contribution in [3.05, 3.63) is 42.6 Å². The van der Waals surface area contributed by atoms with Crippen molar-refractivity contribution in [3.63, 3.8) is 0 Å². The molecule has 0 atom stereocenters. The van der Waals surface area contributed by atoms with Gasteiger partial charge in [-0.05, 0) is 25.0 Å². The Bertz CT molecular complexity index is 429. The Morgan fingerprint density at radius 1 is 1.21 bits per heavy atom. The van der Waals surface area contributed by atoms with Crippen LogP contribution in [0, 0.1) is 0 Å². The number of rotatable bonds is 2. The van der Waals surface area contributed by atoms with Gasteiger partial charge >= 0.3 is 0 Å². The molecule has 2 aromatic rings. The van der Waals surface area contributed by atoms with Gasteiger partial charge in [-0.25, -0.2) is 9.97 Å². The van der Waals surface area contributed by atoms with Gasteiger partial charge in [-0.1, -0.05) is 6.07 Å². The third-order valence-electron chi connectivity index (χ3n) is 2.51. The molecule has 3 nitrogen and oxygen atoms in total. The van der Waals surface area contributed by atoms with Gasteiger partial charge in [0.15, 0.2) is 0 Å². The molecule has 0 amide bonds. The zero-order valence-electron chi connectivity index (χ0n) is 7.80. The molecule has 0 aliphatic heterocycles. The molecule has 2 aromatic heterocycles. The molecule has 0 bridgehead atoms. The first kappa shape index (κ1) is 7.74. The molecule has 3 heteroatoms. The van der Waals surface area contributed by atoms with Crippen molar-refractivity contribution in [2.24, 2.45) is 0 Å². The van der Waals surface area contributed by atoms with Crippen LogP contribution in [-0.4, -0.2) is 14.5 Å². The Balaban J connectivity index is 1.96. The monoisotopic (exact) mass is 185 g/mol. The van der Waals surface area contributed by atoms with Crippen molar-refractivity contribution in [3.8, 4) is 5.82 Å². The van der Waals surface area contributed by atoms with E-state index in [9.17, 15) is 0 Å². The van der Waals surface area contributed by atoms with Gasteiger partial charge in [-0.15, -0.1) is 0 Å². The van der Waals surface area contributed by atoms with E-state index >= 15 is 0 Å². The average Bonchev–Trinajstić information content (AvgIpc) is 2.98. The highest BCUT2D eigenvalue weighted by Gasteiger charge is 2.25. The van der Waals surface area contributed by atoms with Crippen molar-refractivity contribution >= 4 is 0 Å². The molecule has 0 aromatic carbocycles. The highest BCUT2D eigenvalue weighted by atomic mass is 15.1. The number of hydrogen-bond acceptors (Lipinski definition) is 2. The predicted molar refractivity (Wildman–Crippen MR) is 53.3 cm³/mol. The van der Waals surface area contributed by atoms with E-state index in [1.807, 2.05) is 29.1 Å². The fourth-order valence-electron chi connectivity index (χ4n) is 1.56. The van der Waals surface area contributed by atoms with Crippen molar-refractivity contribution in [1.29, 1.82) is 0 Å². The molecule has 0 unspecified atom stereocenters. The average molecular weight is 185 g/mol. The second-order valence-corrected chi connectivity index (χ2v) is 3.67. The Hall–Kier alpha value is -1.64. The molecule has 14 heavy (non-hydrogen) atoms. The fraction of sp³-hybridized carbons (Fsp3) is 0.273. The van der Waals surface area contributed by atoms with E-state index < -0.39 is 0 Å². The normalized spacial score (nSPS) is 15.7. The van der Waals surface area contributed by atoms with Crippen LogP contribution in [0.15, 0.2) is 36.9 Å². The van der Waals surface area contributed by atoms with E-state index in [4.69, 9.17) is 0 Å². The Morgan fingerprint density at radius 2 is 2.14 bits per heavy atom. The maximum absolute atomic E-state index is 4.38. The summed E-state index contributed by atoms with van der Waals surface area (Å²) in [6.45, 7) is 0. The Labute approximate surface area is 82.4 Å². The lowest BCUT2D eigenvalue weighted by Crippen LogP contribution is -1.92. The Kier molecular flexibility index (Phi) is 1.63. The van der Waals surface area contributed by atoms with E-state index in [-0.39, 0.29) is 0 Å². The first-order chi connectivity index (χ1) is 6.93. The summed E-state index contributed by atoms with van der Waals surface area (Å²) >= 11 is 0. The summed E-state index contributed by atoms with van der Waals surface area (Å²) in [6.07, 6.45) is 8.31. The highest BCUT2D eigenvalue weighted by molar-refractivity contribution is 5.24. The highest BCUT2D eigenvalue weighted by Crippen LogP contribution is 2.38. The molecular weight excluding hydrogens is 174 g/mol. The van der Waals surface area contributed by atoms with Crippen molar-refractivity contribution < 1.29 is 0 Å². The lowest BCUT2D eigenvalue weighted by Gasteiger charge is -1.97. The molecular formula is C11H11N3. The summed E-state index contributed by atoms with van der Waals surface area (Å²) in [6, 6.07) is 5.89. The maximum atomic E-state index is 4.38. The van der Waals surface area contributed by atoms with Gasteiger partial charge in [0.25, 0.3) is 0 Å². The second kappa shape index (κ2) is 2.94. The zero-order chi connectivity index (χ0) is 9.38. The lowest BCUT2D eigenvalue weighted by atomic mass is 10.3. The molecule has 1 fully saturated rings. The number of nitrogens with zero attached hydrogens (tertiary/aromatic N) is 3. The molecule has 1 aliphatic carbocycles. The smallest absolute Gasteiger partial charge is 0.137 e. The summed E-state index contributed by atoms with van der Waals surface area (Å²) in [4.78, 5) is 8.64. The third kappa shape index (κ3) is 1.31. The number of imidazole rings is 1. The van der Waals surface area contributed by atoms with Crippen LogP contribution >= 0.6 is 0 Å². The topological polar surface area (TPSA) is 30.7 Å². The van der Waals surface area contributed by atoms with Crippen molar-refractivity contribution in [2.45, 2.75) is 18.8 Å². The molecule has 0 N–H and O–H groups in total. The van der Waals surface area contributed by atoms with E-state index in [0.29, 0.717) is 5.92 Å². The summed E-state index contributed by atoms with van der Waals surface area (Å²) in [5.74, 6) is 1.65. The molecule has 0 radical (unpaired) electrons. The summed E-state index contributed by atoms with van der Waals surface area (Å²) in [5, 5.41) is 0. The van der Waals surface area contributed by atoms with E-state index in [0.717, 1.165) is 5.82 Å². The fourth-order valence-corrected chi connectivity index (χ4v) is 1.56. The third-order valence-corrected chi connectivity index (χ3v) is 2.51. The largest absolute Gasteiger partial charge is 0.290 e. The molecule has 1 aliphatic rings. The van der Waals surface area contributed by atoms with Gasteiger partial charge in [0.05, 0.1) is 5.69 Å². The SMILES string of the molecule is c1ccc(-n2cnc(C3CC3)c2)nc1. The maximum Gasteiger partial charge on any atom is 0.137 e. The van der Waals surface area contributed by atoms with Gasteiger partial charge in [0.2, 0.25) is 0 Å². The lowest BCUT2D eigenvalue weighted by molar-refractivity contribution is 0.991. The standard InChI is InChI=1S/C11H11N3/c1-2-6-12-11(3-1)14-7-10(13-8-14)9-4-5-9/h1-3,6-9H,4-5H2. The van der Waals surface area contributed by atoms with Crippen LogP contribution in [0.1, 0.15) is 24.5 Å². The van der Waals surface area contributed by atoms with Crippen LogP contribution in [0.2, 0.25) is 0 Å². The first-order valence-electron chi connectivity index (χ1n) is 4.89. The van der Waals surface area contributed by atoms with Crippen LogP contribution in [0.5, 0.6) is 0 Å². The minimum Gasteiger partial charge on any atom is -0.290 e. The molecule has 1 saturated carbocycles. The van der Waals surface area contributed by atoms with Crippen LogP contribution < -0.4 is 0 Å². The molecule has 2 heterocycles. The van der Waals surface area contributed by atoms with Gasteiger partial charge < -0.3 is 0 Å². The summed E-state index contributed by atoms with van der Waals surface area (Å²) < 4.78 is 1.98. The number of pyridine rings is 1. The summed E-state index contributed by atoms with van der Waals surface area (Å²) in [5.41, 5.74) is 1.20. The van der Waals surface area contributed by atoms with Gasteiger partial charge in [-0.2, -0.15) is 0 Å². The minimum absolute atomic E-state index is 0.708. The minimum atomic E-state index is 0.708. The number of aromatic nitrogens is 3. The second-order valence-electron chi connectivity index (χ2n) is 3.67. The molecule has 70 valence electrons. The van der Waals surface area contributed by atoms with Gasteiger partial charge in [-0.3, -0.25) is 4.57 Å². The van der Waals surface area contributed by atoms with Crippen molar-refractivity contribution in [2.75, 3.05) is 0 Å². The zero-order valence-corrected chi connectivity index (χ0v) is 7.80. The van der Waals surface area contributed by atoms with E-state index in [1.165, 1.54) is 18.5 Å². The van der Waals surface area contributed by atoms with E-state index in [2.05, 4.69) is 16.2 Å². The van der Waals surface area contributed by atoms with Crippen LogP contribution in [0.3, 0.4) is 0 Å². The molecule has 3 rings (SSSR count). The quantitative estimate of drug-likeness (QED) is 0.717. The predicted octanol–water partition coefficient (Wildman–Crippen LogP) is 2.14. The number of hydrogen-bond donors (Lipinski definition) is 0. The Morgan fingerprint density at radius 3 is 2.86 bits per heavy atom.